The molecule has 1 saturated heterocycles. The van der Waals surface area contributed by atoms with Crippen LogP contribution >= 0.6 is 11.8 Å². The molecule has 1 fully saturated rings. The Hall–Kier alpha value is -2.53. The molecule has 2 aromatic rings. The zero-order valence-electron chi connectivity index (χ0n) is 14.3. The summed E-state index contributed by atoms with van der Waals surface area (Å²) in [6.45, 7) is 6.14. The molecule has 25 heavy (non-hydrogen) atoms. The first kappa shape index (κ1) is 17.3. The minimum atomic E-state index is -0.269. The first-order valence-electron chi connectivity index (χ1n) is 8.32. The molecule has 3 rings (SSSR count). The van der Waals surface area contributed by atoms with E-state index < -0.39 is 0 Å². The Kier molecular flexibility index (Phi) is 5.24. The fraction of sp³-hybridized carbons (Fsp3) is 0.200. The van der Waals surface area contributed by atoms with Gasteiger partial charge in [0.25, 0.3) is 11.1 Å². The molecule has 5 heteroatoms. The van der Waals surface area contributed by atoms with Gasteiger partial charge in [0.2, 0.25) is 0 Å². The zero-order chi connectivity index (χ0) is 17.8. The molecule has 0 saturated carbocycles. The third kappa shape index (κ3) is 3.61. The lowest BCUT2D eigenvalue weighted by atomic mass is 10.1. The minimum Gasteiger partial charge on any atom is -0.372 e. The van der Waals surface area contributed by atoms with Crippen molar-refractivity contribution in [2.75, 3.05) is 22.9 Å². The number of hydrogen-bond donors (Lipinski definition) is 0. The summed E-state index contributed by atoms with van der Waals surface area (Å²) < 4.78 is 0. The predicted molar refractivity (Wildman–Crippen MR) is 105 cm³/mol. The topological polar surface area (TPSA) is 40.6 Å². The van der Waals surface area contributed by atoms with Gasteiger partial charge in [0.1, 0.15) is 0 Å². The highest BCUT2D eigenvalue weighted by Gasteiger charge is 2.36. The fourth-order valence-electron chi connectivity index (χ4n) is 2.79. The number of carbonyl (C=O) groups is 2. The van der Waals surface area contributed by atoms with Crippen LogP contribution in [0.2, 0.25) is 0 Å². The van der Waals surface area contributed by atoms with E-state index in [0.717, 1.165) is 36.1 Å². The molecule has 0 spiro atoms. The maximum Gasteiger partial charge on any atom is 0.298 e. The van der Waals surface area contributed by atoms with Crippen LogP contribution in [-0.2, 0) is 4.79 Å². The van der Waals surface area contributed by atoms with E-state index in [9.17, 15) is 9.59 Å². The second-order valence-corrected chi connectivity index (χ2v) is 6.61. The maximum atomic E-state index is 12.6. The Morgan fingerprint density at radius 2 is 1.60 bits per heavy atom. The number of hydrogen-bond acceptors (Lipinski definition) is 4. The van der Waals surface area contributed by atoms with Crippen molar-refractivity contribution >= 4 is 40.4 Å². The van der Waals surface area contributed by atoms with Crippen LogP contribution in [0.15, 0.2) is 59.5 Å². The first-order chi connectivity index (χ1) is 12.1. The summed E-state index contributed by atoms with van der Waals surface area (Å²) in [6.07, 6.45) is 1.78. The number of benzene rings is 2. The van der Waals surface area contributed by atoms with Crippen LogP contribution in [0.25, 0.3) is 6.08 Å². The molecule has 0 radical (unpaired) electrons. The Balaban J connectivity index is 1.82. The van der Waals surface area contributed by atoms with E-state index in [1.807, 2.05) is 42.5 Å². The summed E-state index contributed by atoms with van der Waals surface area (Å²) in [6, 6.07) is 17.0. The molecule has 1 heterocycles. The molecule has 2 aromatic carbocycles. The van der Waals surface area contributed by atoms with E-state index in [4.69, 9.17) is 0 Å². The number of carbonyl (C=O) groups excluding carboxylic acids is 2. The summed E-state index contributed by atoms with van der Waals surface area (Å²) in [5.74, 6) is -0.269. The third-order valence-electron chi connectivity index (χ3n) is 4.13. The Morgan fingerprint density at radius 1 is 0.960 bits per heavy atom. The van der Waals surface area contributed by atoms with Crippen molar-refractivity contribution in [3.05, 3.63) is 65.1 Å². The van der Waals surface area contributed by atoms with Gasteiger partial charge in [0, 0.05) is 18.8 Å². The van der Waals surface area contributed by atoms with E-state index in [1.165, 1.54) is 4.90 Å². The van der Waals surface area contributed by atoms with Gasteiger partial charge in [-0.15, -0.1) is 0 Å². The van der Waals surface area contributed by atoms with Crippen molar-refractivity contribution in [2.45, 2.75) is 13.8 Å². The highest BCUT2D eigenvalue weighted by molar-refractivity contribution is 8.19. The summed E-state index contributed by atoms with van der Waals surface area (Å²) in [5, 5.41) is -0.262. The van der Waals surface area contributed by atoms with Crippen LogP contribution in [0.5, 0.6) is 0 Å². The van der Waals surface area contributed by atoms with Crippen molar-refractivity contribution in [1.82, 2.24) is 0 Å². The third-order valence-corrected chi connectivity index (χ3v) is 5.00. The molecule has 0 aliphatic carbocycles. The van der Waals surface area contributed by atoms with Crippen LogP contribution < -0.4 is 9.80 Å². The van der Waals surface area contributed by atoms with Crippen molar-refractivity contribution in [3.8, 4) is 0 Å². The molecule has 0 N–H and O–H groups in total. The van der Waals surface area contributed by atoms with E-state index in [0.29, 0.717) is 10.6 Å². The van der Waals surface area contributed by atoms with Crippen LogP contribution in [0.1, 0.15) is 19.4 Å². The average Bonchev–Trinajstić information content (AvgIpc) is 2.91. The van der Waals surface area contributed by atoms with Crippen LogP contribution in [0, 0.1) is 0 Å². The number of nitrogens with zero attached hydrogens (tertiary/aromatic N) is 2. The average molecular weight is 352 g/mol. The Bertz CT molecular complexity index is 796. The van der Waals surface area contributed by atoms with E-state index >= 15 is 0 Å². The lowest BCUT2D eigenvalue weighted by molar-refractivity contribution is -0.113. The highest BCUT2D eigenvalue weighted by atomic mass is 32.2. The van der Waals surface area contributed by atoms with Gasteiger partial charge in [0.05, 0.1) is 10.6 Å². The van der Waals surface area contributed by atoms with Crippen molar-refractivity contribution in [1.29, 1.82) is 0 Å². The lowest BCUT2D eigenvalue weighted by Gasteiger charge is -2.20. The van der Waals surface area contributed by atoms with Gasteiger partial charge in [0.15, 0.2) is 0 Å². The van der Waals surface area contributed by atoms with Gasteiger partial charge in [-0.05, 0) is 61.5 Å². The van der Waals surface area contributed by atoms with Crippen molar-refractivity contribution in [2.24, 2.45) is 0 Å². The van der Waals surface area contributed by atoms with Gasteiger partial charge < -0.3 is 4.90 Å². The molecule has 2 amide bonds. The second-order valence-electron chi connectivity index (χ2n) is 5.62. The fourth-order valence-corrected chi connectivity index (χ4v) is 3.63. The molecule has 128 valence electrons. The van der Waals surface area contributed by atoms with Crippen LogP contribution in [-0.4, -0.2) is 24.2 Å². The lowest BCUT2D eigenvalue weighted by Crippen LogP contribution is -2.27. The standard InChI is InChI=1S/C20H20N2O2S/c1-3-21(4-2)16-12-10-15(11-13-16)14-18-19(23)22(20(24)25-18)17-8-6-5-7-9-17/h5-14H,3-4H2,1-2H3. The summed E-state index contributed by atoms with van der Waals surface area (Å²) in [5.41, 5.74) is 2.67. The number of anilines is 2. The number of rotatable bonds is 5. The number of thioether (sulfide) groups is 1. The SMILES string of the molecule is CCN(CC)c1ccc(C=C2SC(=O)N(c3ccccc3)C2=O)cc1. The van der Waals surface area contributed by atoms with Crippen molar-refractivity contribution in [3.63, 3.8) is 0 Å². The van der Waals surface area contributed by atoms with Gasteiger partial charge in [-0.25, -0.2) is 4.90 Å². The highest BCUT2D eigenvalue weighted by Crippen LogP contribution is 2.35. The monoisotopic (exact) mass is 352 g/mol. The summed E-state index contributed by atoms with van der Waals surface area (Å²) in [7, 11) is 0. The maximum absolute atomic E-state index is 12.6. The summed E-state index contributed by atoms with van der Waals surface area (Å²) in [4.78, 5) is 28.8. The summed E-state index contributed by atoms with van der Waals surface area (Å²) >= 11 is 0.979. The molecule has 1 aliphatic heterocycles. The smallest absolute Gasteiger partial charge is 0.298 e. The molecule has 0 bridgehead atoms. The van der Waals surface area contributed by atoms with Gasteiger partial charge >= 0.3 is 0 Å². The Labute approximate surface area is 152 Å². The van der Waals surface area contributed by atoms with E-state index in [2.05, 4.69) is 18.7 Å². The van der Waals surface area contributed by atoms with Crippen molar-refractivity contribution < 1.29 is 9.59 Å². The zero-order valence-corrected chi connectivity index (χ0v) is 15.1. The predicted octanol–water partition coefficient (Wildman–Crippen LogP) is 4.77. The van der Waals surface area contributed by atoms with Gasteiger partial charge in [-0.1, -0.05) is 30.3 Å². The largest absolute Gasteiger partial charge is 0.372 e. The normalized spacial score (nSPS) is 15.9. The van der Waals surface area contributed by atoms with Crippen LogP contribution in [0.3, 0.4) is 0 Å². The second kappa shape index (κ2) is 7.57. The molecule has 4 nitrogen and oxygen atoms in total. The molecule has 0 atom stereocenters. The van der Waals surface area contributed by atoms with Crippen LogP contribution in [0.4, 0.5) is 16.2 Å². The molecular formula is C20H20N2O2S. The van der Waals surface area contributed by atoms with Gasteiger partial charge in [-0.2, -0.15) is 0 Å². The van der Waals surface area contributed by atoms with E-state index in [-0.39, 0.29) is 11.1 Å². The number of para-hydroxylation sites is 1. The van der Waals surface area contributed by atoms with E-state index in [1.54, 1.807) is 18.2 Å². The Morgan fingerprint density at radius 3 is 2.20 bits per heavy atom. The quantitative estimate of drug-likeness (QED) is 0.727. The number of amides is 2. The minimum absolute atomic E-state index is 0.262. The molecule has 1 aliphatic rings. The molecule has 0 aromatic heterocycles. The number of imide groups is 1. The van der Waals surface area contributed by atoms with Gasteiger partial charge in [-0.3, -0.25) is 9.59 Å². The molecule has 0 unspecified atom stereocenters. The first-order valence-corrected chi connectivity index (χ1v) is 9.13. The molecular weight excluding hydrogens is 332 g/mol.